The Kier molecular flexibility index (Phi) is 3.48. The number of aryl methyl sites for hydroxylation is 1. The molecule has 1 unspecified atom stereocenters. The summed E-state index contributed by atoms with van der Waals surface area (Å²) in [5.74, 6) is 1.85. The molecular weight excluding hydrogens is 210 g/mol. The van der Waals surface area contributed by atoms with Crippen molar-refractivity contribution in [1.29, 1.82) is 0 Å². The molecule has 0 bridgehead atoms. The van der Waals surface area contributed by atoms with Crippen molar-refractivity contribution in [1.82, 2.24) is 9.55 Å². The second kappa shape index (κ2) is 4.88. The number of benzene rings is 1. The largest absolute Gasteiger partial charge is 0.331 e. The molecule has 0 aliphatic heterocycles. The number of aromatic nitrogens is 2. The molecule has 1 atom stereocenters. The van der Waals surface area contributed by atoms with E-state index in [9.17, 15) is 0 Å². The summed E-state index contributed by atoms with van der Waals surface area (Å²) in [7, 11) is 2.09. The quantitative estimate of drug-likeness (QED) is 0.879. The van der Waals surface area contributed by atoms with Gasteiger partial charge in [0.2, 0.25) is 0 Å². The summed E-state index contributed by atoms with van der Waals surface area (Å²) in [6, 6.07) is 6.27. The molecule has 3 nitrogen and oxygen atoms in total. The lowest BCUT2D eigenvalue weighted by molar-refractivity contribution is 0.535. The monoisotopic (exact) mass is 231 g/mol. The maximum atomic E-state index is 5.67. The zero-order valence-corrected chi connectivity index (χ0v) is 10.9. The van der Waals surface area contributed by atoms with Crippen molar-refractivity contribution in [3.8, 4) is 0 Å². The average Bonchev–Trinajstić information content (AvgIpc) is 2.66. The Morgan fingerprint density at radius 3 is 2.82 bits per heavy atom. The number of fused-ring (bicyclic) bond motifs is 1. The molecule has 0 aliphatic rings. The third kappa shape index (κ3) is 2.34. The van der Waals surface area contributed by atoms with Crippen molar-refractivity contribution < 1.29 is 0 Å². The number of hydrogen-bond donors (Lipinski definition) is 1. The van der Waals surface area contributed by atoms with Crippen LogP contribution in [0.4, 0.5) is 0 Å². The number of rotatable bonds is 4. The second-order valence-electron chi connectivity index (χ2n) is 4.83. The Morgan fingerprint density at radius 1 is 1.41 bits per heavy atom. The summed E-state index contributed by atoms with van der Waals surface area (Å²) in [6.07, 6.45) is 2.23. The zero-order chi connectivity index (χ0) is 12.4. The van der Waals surface area contributed by atoms with Crippen LogP contribution >= 0.6 is 0 Å². The molecule has 3 heteroatoms. The van der Waals surface area contributed by atoms with Gasteiger partial charge in [0.25, 0.3) is 0 Å². The number of imidazole rings is 1. The van der Waals surface area contributed by atoms with E-state index in [0.29, 0.717) is 12.5 Å². The van der Waals surface area contributed by atoms with Crippen molar-refractivity contribution in [2.45, 2.75) is 33.2 Å². The minimum Gasteiger partial charge on any atom is -0.331 e. The van der Waals surface area contributed by atoms with E-state index in [1.165, 1.54) is 17.8 Å². The van der Waals surface area contributed by atoms with Crippen LogP contribution in [-0.4, -0.2) is 9.55 Å². The van der Waals surface area contributed by atoms with E-state index < -0.39 is 0 Å². The molecule has 1 aromatic carbocycles. The first-order valence-corrected chi connectivity index (χ1v) is 6.30. The van der Waals surface area contributed by atoms with Crippen LogP contribution in [0.2, 0.25) is 0 Å². The van der Waals surface area contributed by atoms with E-state index in [2.05, 4.69) is 43.7 Å². The van der Waals surface area contributed by atoms with Gasteiger partial charge in [0, 0.05) is 20.0 Å². The maximum absolute atomic E-state index is 5.67. The molecule has 1 heterocycles. The molecule has 0 aliphatic carbocycles. The predicted molar refractivity (Wildman–Crippen MR) is 71.8 cm³/mol. The summed E-state index contributed by atoms with van der Waals surface area (Å²) >= 11 is 0. The minimum atomic E-state index is 0.585. The summed E-state index contributed by atoms with van der Waals surface area (Å²) in [4.78, 5) is 4.70. The summed E-state index contributed by atoms with van der Waals surface area (Å²) < 4.78 is 2.20. The van der Waals surface area contributed by atoms with Crippen molar-refractivity contribution in [2.75, 3.05) is 0 Å². The molecule has 0 saturated heterocycles. The lowest BCUT2D eigenvalue weighted by Crippen LogP contribution is -2.04. The SMILES string of the molecule is CCC(C)Cc1nc2ccc(CN)cc2n1C. The summed E-state index contributed by atoms with van der Waals surface area (Å²) in [5.41, 5.74) is 9.09. The van der Waals surface area contributed by atoms with Gasteiger partial charge in [0.05, 0.1) is 11.0 Å². The van der Waals surface area contributed by atoms with E-state index >= 15 is 0 Å². The predicted octanol–water partition coefficient (Wildman–Crippen LogP) is 2.62. The Balaban J connectivity index is 2.42. The van der Waals surface area contributed by atoms with Gasteiger partial charge in [-0.1, -0.05) is 26.3 Å². The van der Waals surface area contributed by atoms with E-state index in [0.717, 1.165) is 17.5 Å². The molecule has 0 spiro atoms. The second-order valence-corrected chi connectivity index (χ2v) is 4.83. The van der Waals surface area contributed by atoms with Crippen LogP contribution in [0.5, 0.6) is 0 Å². The highest BCUT2D eigenvalue weighted by molar-refractivity contribution is 5.76. The lowest BCUT2D eigenvalue weighted by atomic mass is 10.1. The Labute approximate surface area is 103 Å². The average molecular weight is 231 g/mol. The molecular formula is C14H21N3. The highest BCUT2D eigenvalue weighted by atomic mass is 15.1. The van der Waals surface area contributed by atoms with Crippen molar-refractivity contribution >= 4 is 11.0 Å². The molecule has 92 valence electrons. The van der Waals surface area contributed by atoms with Crippen molar-refractivity contribution in [3.05, 3.63) is 29.6 Å². The van der Waals surface area contributed by atoms with Gasteiger partial charge in [0.1, 0.15) is 5.82 Å². The first-order chi connectivity index (χ1) is 8.15. The molecule has 0 fully saturated rings. The minimum absolute atomic E-state index is 0.585. The molecule has 0 saturated carbocycles. The Morgan fingerprint density at radius 2 is 2.18 bits per heavy atom. The number of hydrogen-bond acceptors (Lipinski definition) is 2. The third-order valence-electron chi connectivity index (χ3n) is 3.50. The van der Waals surface area contributed by atoms with Gasteiger partial charge in [0.15, 0.2) is 0 Å². The van der Waals surface area contributed by atoms with Crippen LogP contribution in [-0.2, 0) is 20.0 Å². The fourth-order valence-corrected chi connectivity index (χ4v) is 2.05. The standard InChI is InChI=1S/C14H21N3/c1-4-10(2)7-14-16-12-6-5-11(9-15)8-13(12)17(14)3/h5-6,8,10H,4,7,9,15H2,1-3H3. The van der Waals surface area contributed by atoms with Gasteiger partial charge in [-0.15, -0.1) is 0 Å². The molecule has 0 radical (unpaired) electrons. The highest BCUT2D eigenvalue weighted by Crippen LogP contribution is 2.19. The van der Waals surface area contributed by atoms with Gasteiger partial charge in [-0.3, -0.25) is 0 Å². The zero-order valence-electron chi connectivity index (χ0n) is 10.9. The molecule has 1 aromatic heterocycles. The van der Waals surface area contributed by atoms with Crippen LogP contribution in [0.1, 0.15) is 31.7 Å². The van der Waals surface area contributed by atoms with Crippen LogP contribution in [0.25, 0.3) is 11.0 Å². The van der Waals surface area contributed by atoms with Gasteiger partial charge in [-0.25, -0.2) is 4.98 Å². The molecule has 2 rings (SSSR count). The third-order valence-corrected chi connectivity index (χ3v) is 3.50. The van der Waals surface area contributed by atoms with Crippen LogP contribution < -0.4 is 5.73 Å². The number of nitrogens with two attached hydrogens (primary N) is 1. The molecule has 17 heavy (non-hydrogen) atoms. The van der Waals surface area contributed by atoms with E-state index in [-0.39, 0.29) is 0 Å². The fraction of sp³-hybridized carbons (Fsp3) is 0.500. The molecule has 2 N–H and O–H groups in total. The van der Waals surface area contributed by atoms with E-state index in [1.807, 2.05) is 0 Å². The van der Waals surface area contributed by atoms with Gasteiger partial charge in [-0.05, 0) is 23.6 Å². The smallest absolute Gasteiger partial charge is 0.109 e. The summed E-state index contributed by atoms with van der Waals surface area (Å²) in [6.45, 7) is 5.08. The highest BCUT2D eigenvalue weighted by Gasteiger charge is 2.10. The topological polar surface area (TPSA) is 43.8 Å². The Bertz CT molecular complexity index is 513. The normalized spacial score (nSPS) is 13.2. The van der Waals surface area contributed by atoms with Gasteiger partial charge >= 0.3 is 0 Å². The van der Waals surface area contributed by atoms with Crippen molar-refractivity contribution in [2.24, 2.45) is 18.7 Å². The van der Waals surface area contributed by atoms with Crippen LogP contribution in [0, 0.1) is 5.92 Å². The number of nitrogens with zero attached hydrogens (tertiary/aromatic N) is 2. The first kappa shape index (κ1) is 12.1. The van der Waals surface area contributed by atoms with E-state index in [4.69, 9.17) is 10.7 Å². The van der Waals surface area contributed by atoms with Crippen LogP contribution in [0.15, 0.2) is 18.2 Å². The van der Waals surface area contributed by atoms with E-state index in [1.54, 1.807) is 0 Å². The van der Waals surface area contributed by atoms with Crippen molar-refractivity contribution in [3.63, 3.8) is 0 Å². The maximum Gasteiger partial charge on any atom is 0.109 e. The first-order valence-electron chi connectivity index (χ1n) is 6.30. The Hall–Kier alpha value is -1.35. The summed E-state index contributed by atoms with van der Waals surface area (Å²) in [5, 5.41) is 0. The molecule has 2 aromatic rings. The fourth-order valence-electron chi connectivity index (χ4n) is 2.05. The van der Waals surface area contributed by atoms with Gasteiger partial charge < -0.3 is 10.3 Å². The molecule has 0 amide bonds. The lowest BCUT2D eigenvalue weighted by Gasteiger charge is -2.07. The van der Waals surface area contributed by atoms with Crippen LogP contribution in [0.3, 0.4) is 0 Å². The van der Waals surface area contributed by atoms with Gasteiger partial charge in [-0.2, -0.15) is 0 Å².